The molecule has 1 N–H and O–H groups in total. The van der Waals surface area contributed by atoms with Crippen LogP contribution in [0, 0.1) is 0 Å². The fourth-order valence-electron chi connectivity index (χ4n) is 5.06. The van der Waals surface area contributed by atoms with Gasteiger partial charge >= 0.3 is 6.03 Å². The highest BCUT2D eigenvalue weighted by atomic mass is 32.2. The van der Waals surface area contributed by atoms with Crippen LogP contribution in [0.15, 0.2) is 59.5 Å². The molecule has 2 aromatic rings. The molecule has 0 aromatic heterocycles. The molecule has 9 heteroatoms. The number of hydrogen-bond donors (Lipinski definition) is 1. The molecule has 2 saturated heterocycles. The van der Waals surface area contributed by atoms with Crippen LogP contribution < -0.4 is 5.32 Å². The van der Waals surface area contributed by atoms with E-state index in [4.69, 9.17) is 4.74 Å². The average molecular weight is 460 g/mol. The van der Waals surface area contributed by atoms with Gasteiger partial charge in [0, 0.05) is 19.5 Å². The van der Waals surface area contributed by atoms with E-state index in [1.54, 1.807) is 18.2 Å². The average Bonchev–Trinajstić information content (AvgIpc) is 3.42. The van der Waals surface area contributed by atoms with Crippen molar-refractivity contribution in [2.75, 3.05) is 26.2 Å². The second-order valence-corrected chi connectivity index (χ2v) is 10.3. The number of likely N-dealkylation sites (tertiary alicyclic amines) is 1. The zero-order valence-corrected chi connectivity index (χ0v) is 18.4. The number of ether oxygens (including phenoxy) is 1. The van der Waals surface area contributed by atoms with Gasteiger partial charge in [-0.25, -0.2) is 17.6 Å². The number of nitrogens with one attached hydrogen (secondary N) is 1. The topological polar surface area (TPSA) is 79.0 Å². The van der Waals surface area contributed by atoms with E-state index < -0.39 is 21.9 Å². The minimum Gasteiger partial charge on any atom is -0.355 e. The van der Waals surface area contributed by atoms with Crippen LogP contribution in [0.2, 0.25) is 0 Å². The van der Waals surface area contributed by atoms with Gasteiger partial charge < -0.3 is 15.0 Å². The molecule has 0 bridgehead atoms. The summed E-state index contributed by atoms with van der Waals surface area (Å²) in [4.78, 5) is 14.4. The summed E-state index contributed by atoms with van der Waals surface area (Å²) in [5.74, 6) is 0. The Morgan fingerprint density at radius 3 is 2.62 bits per heavy atom. The maximum absolute atomic E-state index is 15.6. The Balaban J connectivity index is 1.30. The molecule has 7 nitrogen and oxygen atoms in total. The molecule has 170 valence electrons. The highest BCUT2D eigenvalue weighted by Gasteiger charge is 2.57. The lowest BCUT2D eigenvalue weighted by molar-refractivity contribution is -0.135. The maximum atomic E-state index is 15.6. The summed E-state index contributed by atoms with van der Waals surface area (Å²) in [6.45, 7) is 0.197. The van der Waals surface area contributed by atoms with Crippen molar-refractivity contribution in [1.29, 1.82) is 0 Å². The molecule has 2 unspecified atom stereocenters. The van der Waals surface area contributed by atoms with E-state index in [-0.39, 0.29) is 49.6 Å². The number of aryl methyl sites for hydroxylation is 1. The first-order valence-electron chi connectivity index (χ1n) is 10.9. The highest BCUT2D eigenvalue weighted by molar-refractivity contribution is 7.89. The third kappa shape index (κ3) is 3.48. The summed E-state index contributed by atoms with van der Waals surface area (Å²) in [6, 6.07) is 15.6. The maximum Gasteiger partial charge on any atom is 0.317 e. The molecular weight excluding hydrogens is 433 g/mol. The molecule has 0 saturated carbocycles. The standard InChI is InChI=1S/C23H26FN3O4S/c24-21-16-26(22(28)25-20-11-10-17-6-4-5-9-19(17)20)13-12-23(21)27(14-15-31-23)32(29,30)18-7-2-1-3-8-18/h1-9,20-21H,10-16H2,(H,25,28)/t20-,21?,23?/m1/s1. The lowest BCUT2D eigenvalue weighted by atomic mass is 9.99. The number of benzene rings is 2. The first-order chi connectivity index (χ1) is 15.4. The molecule has 3 aliphatic rings. The number of amides is 2. The van der Waals surface area contributed by atoms with Crippen molar-refractivity contribution in [2.45, 2.75) is 42.1 Å². The Morgan fingerprint density at radius 1 is 1.09 bits per heavy atom. The van der Waals surface area contributed by atoms with Gasteiger partial charge in [0.2, 0.25) is 10.0 Å². The summed E-state index contributed by atoms with van der Waals surface area (Å²) in [5, 5.41) is 3.02. The van der Waals surface area contributed by atoms with E-state index in [1.807, 2.05) is 18.2 Å². The van der Waals surface area contributed by atoms with Crippen LogP contribution >= 0.6 is 0 Å². The van der Waals surface area contributed by atoms with Crippen LogP contribution in [0.25, 0.3) is 0 Å². The largest absolute Gasteiger partial charge is 0.355 e. The first-order valence-corrected chi connectivity index (χ1v) is 12.3. The van der Waals surface area contributed by atoms with E-state index in [0.717, 1.165) is 22.7 Å². The van der Waals surface area contributed by atoms with E-state index in [2.05, 4.69) is 11.4 Å². The number of nitrogens with zero attached hydrogens (tertiary/aromatic N) is 2. The van der Waals surface area contributed by atoms with Crippen LogP contribution in [0.4, 0.5) is 9.18 Å². The molecule has 1 spiro atoms. The van der Waals surface area contributed by atoms with Gasteiger partial charge in [0.05, 0.1) is 24.1 Å². The highest BCUT2D eigenvalue weighted by Crippen LogP contribution is 2.40. The van der Waals surface area contributed by atoms with E-state index >= 15 is 4.39 Å². The number of carbonyl (C=O) groups is 1. The molecule has 2 fully saturated rings. The lowest BCUT2D eigenvalue weighted by Gasteiger charge is -2.45. The SMILES string of the molecule is O=C(N[C@@H]1CCc2ccccc21)N1CCC2(OCCN2S(=O)(=O)c2ccccc2)C(F)C1. The quantitative estimate of drug-likeness (QED) is 0.766. The lowest BCUT2D eigenvalue weighted by Crippen LogP contribution is -2.63. The van der Waals surface area contributed by atoms with Crippen molar-refractivity contribution in [3.63, 3.8) is 0 Å². The van der Waals surface area contributed by atoms with Gasteiger partial charge in [0.15, 0.2) is 11.9 Å². The van der Waals surface area contributed by atoms with E-state index in [1.165, 1.54) is 22.6 Å². The second kappa shape index (κ2) is 8.13. The number of hydrogen-bond acceptors (Lipinski definition) is 4. The monoisotopic (exact) mass is 459 g/mol. The molecule has 2 aromatic carbocycles. The summed E-state index contributed by atoms with van der Waals surface area (Å²) in [6.07, 6.45) is 0.137. The normalized spacial score (nSPS) is 28.1. The Morgan fingerprint density at radius 2 is 1.84 bits per heavy atom. The van der Waals surface area contributed by atoms with Gasteiger partial charge in [-0.15, -0.1) is 0 Å². The molecule has 2 amide bonds. The summed E-state index contributed by atoms with van der Waals surface area (Å²) in [5.41, 5.74) is 0.746. The number of sulfonamides is 1. The van der Waals surface area contributed by atoms with Crippen molar-refractivity contribution in [1.82, 2.24) is 14.5 Å². The Labute approximate surface area is 187 Å². The minimum absolute atomic E-state index is 0.0783. The molecule has 2 aliphatic heterocycles. The number of carbonyl (C=O) groups excluding carboxylic acids is 1. The molecular formula is C23H26FN3O4S. The summed E-state index contributed by atoms with van der Waals surface area (Å²) >= 11 is 0. The number of urea groups is 1. The van der Waals surface area contributed by atoms with Gasteiger partial charge in [-0.1, -0.05) is 42.5 Å². The van der Waals surface area contributed by atoms with Gasteiger partial charge in [0.25, 0.3) is 0 Å². The molecule has 32 heavy (non-hydrogen) atoms. The molecule has 1 aliphatic carbocycles. The number of piperidine rings is 1. The van der Waals surface area contributed by atoms with Gasteiger partial charge in [-0.05, 0) is 36.1 Å². The number of rotatable bonds is 3. The Bertz CT molecular complexity index is 1110. The second-order valence-electron chi connectivity index (χ2n) is 8.49. The third-order valence-corrected chi connectivity index (χ3v) is 8.67. The molecule has 2 heterocycles. The van der Waals surface area contributed by atoms with E-state index in [0.29, 0.717) is 0 Å². The van der Waals surface area contributed by atoms with Gasteiger partial charge in [-0.2, -0.15) is 4.31 Å². The van der Waals surface area contributed by atoms with E-state index in [9.17, 15) is 13.2 Å². The molecule has 3 atom stereocenters. The van der Waals surface area contributed by atoms with Crippen LogP contribution in [0.3, 0.4) is 0 Å². The van der Waals surface area contributed by atoms with Crippen LogP contribution in [0.1, 0.15) is 30.0 Å². The van der Waals surface area contributed by atoms with Gasteiger partial charge in [-0.3, -0.25) is 0 Å². The number of alkyl halides is 1. The fourth-order valence-corrected chi connectivity index (χ4v) is 6.80. The zero-order chi connectivity index (χ0) is 22.3. The van der Waals surface area contributed by atoms with Crippen molar-refractivity contribution in [3.05, 3.63) is 65.7 Å². The van der Waals surface area contributed by atoms with Crippen LogP contribution in [0.5, 0.6) is 0 Å². The van der Waals surface area contributed by atoms with Crippen LogP contribution in [-0.2, 0) is 21.2 Å². The third-order valence-electron chi connectivity index (χ3n) is 6.73. The Kier molecular flexibility index (Phi) is 5.43. The summed E-state index contributed by atoms with van der Waals surface area (Å²) < 4.78 is 48.8. The smallest absolute Gasteiger partial charge is 0.317 e. The number of fused-ring (bicyclic) bond motifs is 1. The van der Waals surface area contributed by atoms with Crippen LogP contribution in [-0.4, -0.2) is 61.8 Å². The van der Waals surface area contributed by atoms with Crippen molar-refractivity contribution < 1.29 is 22.3 Å². The van der Waals surface area contributed by atoms with Gasteiger partial charge in [0.1, 0.15) is 0 Å². The van der Waals surface area contributed by atoms with Crippen molar-refractivity contribution in [2.24, 2.45) is 0 Å². The van der Waals surface area contributed by atoms with Crippen molar-refractivity contribution in [3.8, 4) is 0 Å². The predicted octanol–water partition coefficient (Wildman–Crippen LogP) is 2.84. The number of halogens is 1. The molecule has 5 rings (SSSR count). The minimum atomic E-state index is -3.92. The zero-order valence-electron chi connectivity index (χ0n) is 17.6. The first kappa shape index (κ1) is 21.4. The van der Waals surface area contributed by atoms with Crippen molar-refractivity contribution >= 4 is 16.1 Å². The molecule has 0 radical (unpaired) electrons. The fraction of sp³-hybridized carbons (Fsp3) is 0.435. The predicted molar refractivity (Wildman–Crippen MR) is 116 cm³/mol. The summed E-state index contributed by atoms with van der Waals surface area (Å²) in [7, 11) is -3.92. The Hall–Kier alpha value is -2.49.